The van der Waals surface area contributed by atoms with Gasteiger partial charge in [-0.2, -0.15) is 0 Å². The molecule has 1 aliphatic heterocycles. The predicted octanol–water partition coefficient (Wildman–Crippen LogP) is 2.38. The Balaban J connectivity index is 1.88. The van der Waals surface area contributed by atoms with Crippen LogP contribution in [0.25, 0.3) is 0 Å². The molecule has 2 rings (SSSR count). The number of benzene rings is 1. The SMILES string of the molecule is COCc1ccc(CC2CCNCC2)cc1. The average Bonchev–Trinajstić information content (AvgIpc) is 2.33. The van der Waals surface area contributed by atoms with Gasteiger partial charge < -0.3 is 10.1 Å². The number of ether oxygens (including phenoxy) is 1. The molecule has 1 aromatic carbocycles. The van der Waals surface area contributed by atoms with Gasteiger partial charge in [0.25, 0.3) is 0 Å². The summed E-state index contributed by atoms with van der Waals surface area (Å²) in [6.45, 7) is 3.09. The van der Waals surface area contributed by atoms with Crippen LogP contribution in [0.1, 0.15) is 24.0 Å². The summed E-state index contributed by atoms with van der Waals surface area (Å²) < 4.78 is 5.11. The van der Waals surface area contributed by atoms with Crippen molar-refractivity contribution in [2.45, 2.75) is 25.9 Å². The maximum absolute atomic E-state index is 5.11. The minimum Gasteiger partial charge on any atom is -0.380 e. The van der Waals surface area contributed by atoms with Crippen LogP contribution >= 0.6 is 0 Å². The van der Waals surface area contributed by atoms with Crippen LogP contribution in [0.15, 0.2) is 24.3 Å². The Bertz CT molecular complexity index is 301. The fourth-order valence-electron chi connectivity index (χ4n) is 2.36. The van der Waals surface area contributed by atoms with E-state index < -0.39 is 0 Å². The smallest absolute Gasteiger partial charge is 0.0713 e. The number of hydrogen-bond acceptors (Lipinski definition) is 2. The molecule has 88 valence electrons. The molecule has 16 heavy (non-hydrogen) atoms. The molecule has 1 N–H and O–H groups in total. The summed E-state index contributed by atoms with van der Waals surface area (Å²) in [6, 6.07) is 8.85. The van der Waals surface area contributed by atoms with Crippen molar-refractivity contribution in [1.29, 1.82) is 0 Å². The topological polar surface area (TPSA) is 21.3 Å². The Morgan fingerprint density at radius 3 is 2.38 bits per heavy atom. The van der Waals surface area contributed by atoms with E-state index in [0.29, 0.717) is 6.61 Å². The van der Waals surface area contributed by atoms with Crippen LogP contribution in [-0.4, -0.2) is 20.2 Å². The summed E-state index contributed by atoms with van der Waals surface area (Å²) in [5, 5.41) is 3.41. The highest BCUT2D eigenvalue weighted by Gasteiger charge is 2.13. The van der Waals surface area contributed by atoms with E-state index in [4.69, 9.17) is 4.74 Å². The van der Waals surface area contributed by atoms with Crippen molar-refractivity contribution < 1.29 is 4.74 Å². The zero-order valence-corrected chi connectivity index (χ0v) is 10.0. The Kier molecular flexibility index (Phi) is 4.37. The largest absolute Gasteiger partial charge is 0.380 e. The molecule has 0 radical (unpaired) electrons. The molecular weight excluding hydrogens is 198 g/mol. The zero-order chi connectivity index (χ0) is 11.2. The Labute approximate surface area is 98.0 Å². The predicted molar refractivity (Wildman–Crippen MR) is 66.5 cm³/mol. The molecule has 0 aromatic heterocycles. The van der Waals surface area contributed by atoms with E-state index in [1.54, 1.807) is 7.11 Å². The lowest BCUT2D eigenvalue weighted by atomic mass is 9.91. The van der Waals surface area contributed by atoms with Gasteiger partial charge in [0, 0.05) is 7.11 Å². The molecular formula is C14H21NO. The first-order chi connectivity index (χ1) is 7.88. The lowest BCUT2D eigenvalue weighted by Gasteiger charge is -2.22. The molecule has 1 saturated heterocycles. The number of methoxy groups -OCH3 is 1. The van der Waals surface area contributed by atoms with Gasteiger partial charge in [0.1, 0.15) is 0 Å². The van der Waals surface area contributed by atoms with Crippen LogP contribution in [0, 0.1) is 5.92 Å². The molecule has 1 heterocycles. The normalized spacial score (nSPS) is 17.6. The highest BCUT2D eigenvalue weighted by molar-refractivity contribution is 5.22. The van der Waals surface area contributed by atoms with Crippen LogP contribution in [0.2, 0.25) is 0 Å². The van der Waals surface area contributed by atoms with Crippen molar-refractivity contribution in [3.8, 4) is 0 Å². The van der Waals surface area contributed by atoms with E-state index in [-0.39, 0.29) is 0 Å². The van der Waals surface area contributed by atoms with Gasteiger partial charge in [-0.05, 0) is 49.4 Å². The minimum absolute atomic E-state index is 0.716. The summed E-state index contributed by atoms with van der Waals surface area (Å²) in [7, 11) is 1.74. The Hall–Kier alpha value is -0.860. The van der Waals surface area contributed by atoms with Gasteiger partial charge in [-0.1, -0.05) is 24.3 Å². The first-order valence-corrected chi connectivity index (χ1v) is 6.16. The van der Waals surface area contributed by atoms with Gasteiger partial charge in [-0.3, -0.25) is 0 Å². The molecule has 0 bridgehead atoms. The fraction of sp³-hybridized carbons (Fsp3) is 0.571. The van der Waals surface area contributed by atoms with E-state index >= 15 is 0 Å². The second-order valence-corrected chi connectivity index (χ2v) is 4.65. The third kappa shape index (κ3) is 3.32. The number of nitrogens with one attached hydrogen (secondary N) is 1. The molecule has 0 unspecified atom stereocenters. The number of rotatable bonds is 4. The first-order valence-electron chi connectivity index (χ1n) is 6.16. The third-order valence-electron chi connectivity index (χ3n) is 3.32. The van der Waals surface area contributed by atoms with Crippen molar-refractivity contribution in [2.75, 3.05) is 20.2 Å². The second-order valence-electron chi connectivity index (χ2n) is 4.65. The van der Waals surface area contributed by atoms with Crippen LogP contribution < -0.4 is 5.32 Å². The van der Waals surface area contributed by atoms with Crippen molar-refractivity contribution in [3.05, 3.63) is 35.4 Å². The van der Waals surface area contributed by atoms with E-state index in [0.717, 1.165) is 5.92 Å². The van der Waals surface area contributed by atoms with Crippen molar-refractivity contribution in [1.82, 2.24) is 5.32 Å². The summed E-state index contributed by atoms with van der Waals surface area (Å²) in [6.07, 6.45) is 3.87. The maximum Gasteiger partial charge on any atom is 0.0713 e. The van der Waals surface area contributed by atoms with Crippen LogP contribution in [0.4, 0.5) is 0 Å². The molecule has 0 saturated carbocycles. The summed E-state index contributed by atoms with van der Waals surface area (Å²) in [4.78, 5) is 0. The molecule has 2 nitrogen and oxygen atoms in total. The maximum atomic E-state index is 5.11. The monoisotopic (exact) mass is 219 g/mol. The molecule has 2 heteroatoms. The summed E-state index contributed by atoms with van der Waals surface area (Å²) >= 11 is 0. The molecule has 1 aromatic rings. The number of hydrogen-bond donors (Lipinski definition) is 1. The van der Waals surface area contributed by atoms with E-state index in [9.17, 15) is 0 Å². The van der Waals surface area contributed by atoms with Gasteiger partial charge in [0.15, 0.2) is 0 Å². The van der Waals surface area contributed by atoms with Gasteiger partial charge in [0.05, 0.1) is 6.61 Å². The molecule has 0 aliphatic carbocycles. The third-order valence-corrected chi connectivity index (χ3v) is 3.32. The average molecular weight is 219 g/mol. The van der Waals surface area contributed by atoms with Crippen LogP contribution in [0.5, 0.6) is 0 Å². The zero-order valence-electron chi connectivity index (χ0n) is 10.0. The molecule has 0 atom stereocenters. The molecule has 1 aliphatic rings. The van der Waals surface area contributed by atoms with E-state index in [1.165, 1.54) is 43.5 Å². The standard InChI is InChI=1S/C14H21NO/c1-16-11-14-4-2-12(3-5-14)10-13-6-8-15-9-7-13/h2-5,13,15H,6-11H2,1H3. The highest BCUT2D eigenvalue weighted by atomic mass is 16.5. The Morgan fingerprint density at radius 1 is 1.12 bits per heavy atom. The van der Waals surface area contributed by atoms with E-state index in [1.807, 2.05) is 0 Å². The second kappa shape index (κ2) is 6.02. The quantitative estimate of drug-likeness (QED) is 0.839. The van der Waals surface area contributed by atoms with Crippen molar-refractivity contribution in [2.24, 2.45) is 5.92 Å². The molecule has 0 spiro atoms. The first kappa shape index (κ1) is 11.6. The van der Waals surface area contributed by atoms with Crippen LogP contribution in [0.3, 0.4) is 0 Å². The fourth-order valence-corrected chi connectivity index (χ4v) is 2.36. The highest BCUT2D eigenvalue weighted by Crippen LogP contribution is 2.18. The van der Waals surface area contributed by atoms with Crippen LogP contribution in [-0.2, 0) is 17.8 Å². The van der Waals surface area contributed by atoms with Gasteiger partial charge in [0.2, 0.25) is 0 Å². The lowest BCUT2D eigenvalue weighted by molar-refractivity contribution is 0.185. The summed E-state index contributed by atoms with van der Waals surface area (Å²) in [5.74, 6) is 0.870. The van der Waals surface area contributed by atoms with Gasteiger partial charge in [-0.25, -0.2) is 0 Å². The lowest BCUT2D eigenvalue weighted by Crippen LogP contribution is -2.28. The molecule has 0 amide bonds. The summed E-state index contributed by atoms with van der Waals surface area (Å²) in [5.41, 5.74) is 2.73. The van der Waals surface area contributed by atoms with Gasteiger partial charge >= 0.3 is 0 Å². The van der Waals surface area contributed by atoms with Gasteiger partial charge in [-0.15, -0.1) is 0 Å². The van der Waals surface area contributed by atoms with Crippen molar-refractivity contribution in [3.63, 3.8) is 0 Å². The van der Waals surface area contributed by atoms with E-state index in [2.05, 4.69) is 29.6 Å². The van der Waals surface area contributed by atoms with Crippen molar-refractivity contribution >= 4 is 0 Å². The number of piperidine rings is 1. The molecule has 1 fully saturated rings. The minimum atomic E-state index is 0.716. The Morgan fingerprint density at radius 2 is 1.75 bits per heavy atom.